The Hall–Kier alpha value is -0.690. The molecular weight excluding hydrogens is 208 g/mol. The molecule has 1 saturated carbocycles. The van der Waals surface area contributed by atoms with E-state index in [4.69, 9.17) is 16.3 Å². The molecule has 0 unspecified atom stereocenters. The fourth-order valence-corrected chi connectivity index (χ4v) is 2.31. The van der Waals surface area contributed by atoms with Crippen LogP contribution in [0.5, 0.6) is 5.75 Å². The molecule has 0 atom stereocenters. The lowest BCUT2D eigenvalue weighted by Gasteiger charge is -2.24. The maximum atomic E-state index is 5.99. The van der Waals surface area contributed by atoms with Gasteiger partial charge in [-0.1, -0.05) is 24.6 Å². The van der Waals surface area contributed by atoms with Gasteiger partial charge in [-0.2, -0.15) is 0 Å². The Morgan fingerprint density at radius 1 is 1.13 bits per heavy atom. The summed E-state index contributed by atoms with van der Waals surface area (Å²) in [4.78, 5) is 0. The number of hydrogen-bond acceptors (Lipinski definition) is 1. The maximum Gasteiger partial charge on any atom is 0.124 e. The van der Waals surface area contributed by atoms with E-state index in [1.165, 1.54) is 32.1 Å². The fraction of sp³-hybridized carbons (Fsp3) is 0.538. The van der Waals surface area contributed by atoms with Crippen LogP contribution in [0.25, 0.3) is 0 Å². The first-order valence-corrected chi connectivity index (χ1v) is 6.24. The molecule has 1 nitrogen and oxygen atoms in total. The third kappa shape index (κ3) is 2.88. The molecule has 82 valence electrons. The number of halogens is 1. The van der Waals surface area contributed by atoms with Crippen LogP contribution in [0.4, 0.5) is 0 Å². The Balaban J connectivity index is 2.02. The first kappa shape index (κ1) is 10.8. The van der Waals surface area contributed by atoms with Gasteiger partial charge in [0.2, 0.25) is 0 Å². The van der Waals surface area contributed by atoms with Gasteiger partial charge in [-0.25, -0.2) is 0 Å². The summed E-state index contributed by atoms with van der Waals surface area (Å²) in [5, 5.41) is 0. The summed E-state index contributed by atoms with van der Waals surface area (Å²) < 4.78 is 5.99. The van der Waals surface area contributed by atoms with Crippen molar-refractivity contribution in [1.29, 1.82) is 0 Å². The number of rotatable bonds is 3. The van der Waals surface area contributed by atoms with E-state index in [1.807, 2.05) is 24.3 Å². The van der Waals surface area contributed by atoms with E-state index in [1.54, 1.807) is 0 Å². The molecule has 0 aliphatic heterocycles. The van der Waals surface area contributed by atoms with Gasteiger partial charge in [0, 0.05) is 5.56 Å². The van der Waals surface area contributed by atoms with Crippen LogP contribution < -0.4 is 4.74 Å². The van der Waals surface area contributed by atoms with E-state index in [2.05, 4.69) is 0 Å². The zero-order valence-corrected chi connectivity index (χ0v) is 9.67. The van der Waals surface area contributed by atoms with Gasteiger partial charge in [-0.05, 0) is 31.7 Å². The number of hydrogen-bond donors (Lipinski definition) is 0. The lowest BCUT2D eigenvalue weighted by atomic mass is 9.98. The number of benzene rings is 1. The first-order chi connectivity index (χ1) is 7.40. The van der Waals surface area contributed by atoms with Crippen molar-refractivity contribution < 1.29 is 4.74 Å². The monoisotopic (exact) mass is 224 g/mol. The molecule has 1 fully saturated rings. The number of alkyl halides is 1. The van der Waals surface area contributed by atoms with Gasteiger partial charge in [0.15, 0.2) is 0 Å². The van der Waals surface area contributed by atoms with E-state index >= 15 is 0 Å². The fourth-order valence-electron chi connectivity index (χ4n) is 2.09. The Morgan fingerprint density at radius 2 is 1.87 bits per heavy atom. The van der Waals surface area contributed by atoms with Crippen LogP contribution in [0.2, 0.25) is 0 Å². The minimum Gasteiger partial charge on any atom is -0.490 e. The molecule has 0 N–H and O–H groups in total. The molecule has 0 amide bonds. The van der Waals surface area contributed by atoms with E-state index < -0.39 is 0 Å². The van der Waals surface area contributed by atoms with Crippen LogP contribution in [0.1, 0.15) is 37.7 Å². The van der Waals surface area contributed by atoms with Crippen molar-refractivity contribution in [2.75, 3.05) is 0 Å². The van der Waals surface area contributed by atoms with Gasteiger partial charge in [-0.3, -0.25) is 0 Å². The standard InChI is InChI=1S/C13H17ClO/c14-10-11-6-4-5-9-13(11)15-12-7-2-1-3-8-12/h4-6,9,12H,1-3,7-8,10H2. The highest BCUT2D eigenvalue weighted by molar-refractivity contribution is 6.17. The maximum absolute atomic E-state index is 5.99. The third-order valence-electron chi connectivity index (χ3n) is 2.96. The summed E-state index contributed by atoms with van der Waals surface area (Å²) >= 11 is 5.87. The van der Waals surface area contributed by atoms with Crippen molar-refractivity contribution in [2.45, 2.75) is 44.1 Å². The molecule has 1 aromatic rings. The second kappa shape index (κ2) is 5.41. The minimum absolute atomic E-state index is 0.406. The van der Waals surface area contributed by atoms with Crippen LogP contribution in [0, 0.1) is 0 Å². The Kier molecular flexibility index (Phi) is 3.90. The number of ether oxygens (including phenoxy) is 1. The molecule has 2 heteroatoms. The van der Waals surface area contributed by atoms with Gasteiger partial charge in [-0.15, -0.1) is 11.6 Å². The summed E-state index contributed by atoms with van der Waals surface area (Å²) in [6.07, 6.45) is 6.74. The highest BCUT2D eigenvalue weighted by atomic mass is 35.5. The second-order valence-corrected chi connectivity index (χ2v) is 4.39. The highest BCUT2D eigenvalue weighted by Gasteiger charge is 2.15. The number of para-hydroxylation sites is 1. The smallest absolute Gasteiger partial charge is 0.124 e. The molecule has 15 heavy (non-hydrogen) atoms. The van der Waals surface area contributed by atoms with Gasteiger partial charge in [0.05, 0.1) is 12.0 Å². The quantitative estimate of drug-likeness (QED) is 0.702. The van der Waals surface area contributed by atoms with Crippen molar-refractivity contribution in [1.82, 2.24) is 0 Å². The van der Waals surface area contributed by atoms with Crippen LogP contribution in [0.15, 0.2) is 24.3 Å². The van der Waals surface area contributed by atoms with Crippen molar-refractivity contribution in [3.8, 4) is 5.75 Å². The lowest BCUT2D eigenvalue weighted by Crippen LogP contribution is -2.20. The average molecular weight is 225 g/mol. The summed E-state index contributed by atoms with van der Waals surface area (Å²) in [6, 6.07) is 8.07. The molecule has 0 spiro atoms. The van der Waals surface area contributed by atoms with Crippen molar-refractivity contribution in [3.05, 3.63) is 29.8 Å². The van der Waals surface area contributed by atoms with Gasteiger partial charge >= 0.3 is 0 Å². The molecule has 0 radical (unpaired) electrons. The molecule has 1 aromatic carbocycles. The predicted molar refractivity (Wildman–Crippen MR) is 63.5 cm³/mol. The van der Waals surface area contributed by atoms with E-state index in [0.717, 1.165) is 11.3 Å². The van der Waals surface area contributed by atoms with Gasteiger partial charge in [0.25, 0.3) is 0 Å². The SMILES string of the molecule is ClCc1ccccc1OC1CCCCC1. The molecule has 1 aliphatic carbocycles. The topological polar surface area (TPSA) is 9.23 Å². The molecule has 0 saturated heterocycles. The predicted octanol–water partition coefficient (Wildman–Crippen LogP) is 4.14. The molecule has 1 aliphatic rings. The summed E-state index contributed by atoms with van der Waals surface area (Å²) in [7, 11) is 0. The first-order valence-electron chi connectivity index (χ1n) is 5.70. The van der Waals surface area contributed by atoms with Crippen molar-refractivity contribution in [3.63, 3.8) is 0 Å². The average Bonchev–Trinajstić information content (AvgIpc) is 2.31. The largest absolute Gasteiger partial charge is 0.490 e. The van der Waals surface area contributed by atoms with Crippen LogP contribution in [-0.2, 0) is 5.88 Å². The minimum atomic E-state index is 0.406. The zero-order chi connectivity index (χ0) is 10.5. The molecule has 2 rings (SSSR count). The lowest BCUT2D eigenvalue weighted by molar-refractivity contribution is 0.154. The highest BCUT2D eigenvalue weighted by Crippen LogP contribution is 2.26. The Labute approximate surface area is 96.4 Å². The van der Waals surface area contributed by atoms with Crippen LogP contribution in [0.3, 0.4) is 0 Å². The van der Waals surface area contributed by atoms with E-state index in [0.29, 0.717) is 12.0 Å². The summed E-state index contributed by atoms with van der Waals surface area (Å²) in [6.45, 7) is 0. The van der Waals surface area contributed by atoms with Crippen LogP contribution in [-0.4, -0.2) is 6.10 Å². The van der Waals surface area contributed by atoms with Gasteiger partial charge < -0.3 is 4.74 Å². The normalized spacial score (nSPS) is 17.7. The Bertz CT molecular complexity index is 305. The molecule has 0 bridgehead atoms. The Morgan fingerprint density at radius 3 is 2.60 bits per heavy atom. The molecular formula is C13H17ClO. The van der Waals surface area contributed by atoms with Gasteiger partial charge in [0.1, 0.15) is 5.75 Å². The van der Waals surface area contributed by atoms with Crippen molar-refractivity contribution >= 4 is 11.6 Å². The van der Waals surface area contributed by atoms with E-state index in [9.17, 15) is 0 Å². The zero-order valence-electron chi connectivity index (χ0n) is 8.92. The van der Waals surface area contributed by atoms with Crippen LogP contribution >= 0.6 is 11.6 Å². The second-order valence-electron chi connectivity index (χ2n) is 4.12. The van der Waals surface area contributed by atoms with Crippen molar-refractivity contribution in [2.24, 2.45) is 0 Å². The third-order valence-corrected chi connectivity index (χ3v) is 3.25. The van der Waals surface area contributed by atoms with E-state index in [-0.39, 0.29) is 0 Å². The molecule has 0 aromatic heterocycles. The summed E-state index contributed by atoms with van der Waals surface area (Å²) in [5.41, 5.74) is 1.10. The summed E-state index contributed by atoms with van der Waals surface area (Å²) in [5.74, 6) is 1.50. The molecule has 0 heterocycles.